The lowest BCUT2D eigenvalue weighted by atomic mass is 10.1. The minimum atomic E-state index is -0.161. The van der Waals surface area contributed by atoms with E-state index in [1.165, 1.54) is 0 Å². The lowest BCUT2D eigenvalue weighted by Gasteiger charge is -2.15. The quantitative estimate of drug-likeness (QED) is 0.662. The number of benzene rings is 1. The Balaban J connectivity index is 2.83. The Morgan fingerprint density at radius 2 is 2.35 bits per heavy atom. The van der Waals surface area contributed by atoms with Gasteiger partial charge in [0.2, 0.25) is 0 Å². The first kappa shape index (κ1) is 13.6. The number of halogens is 1. The van der Waals surface area contributed by atoms with Crippen LogP contribution in [0.1, 0.15) is 30.1 Å². The predicted octanol–water partition coefficient (Wildman–Crippen LogP) is 2.56. The summed E-state index contributed by atoms with van der Waals surface area (Å²) in [4.78, 5) is 12.0. The van der Waals surface area contributed by atoms with E-state index in [9.17, 15) is 4.79 Å². The minimum absolute atomic E-state index is 0.000769. The summed E-state index contributed by atoms with van der Waals surface area (Å²) < 4.78 is 0.619. The van der Waals surface area contributed by atoms with Crippen LogP contribution in [0.2, 0.25) is 0 Å². The van der Waals surface area contributed by atoms with E-state index in [4.69, 9.17) is 12.2 Å². The molecule has 0 aliphatic carbocycles. The Labute approximate surface area is 110 Å². The van der Waals surface area contributed by atoms with Crippen LogP contribution in [0.25, 0.3) is 0 Å². The van der Waals surface area contributed by atoms with Crippen molar-refractivity contribution in [2.45, 2.75) is 25.8 Å². The molecule has 0 saturated carbocycles. The van der Waals surface area contributed by atoms with Crippen molar-refractivity contribution in [2.24, 2.45) is 0 Å². The third kappa shape index (κ3) is 3.50. The fourth-order valence-corrected chi connectivity index (χ4v) is 1.87. The molecule has 0 radical (unpaired) electrons. The number of nitrogens with one attached hydrogen (secondary N) is 1. The van der Waals surface area contributed by atoms with Gasteiger partial charge in [-0.25, -0.2) is 0 Å². The van der Waals surface area contributed by atoms with Crippen molar-refractivity contribution < 1.29 is 4.79 Å². The molecule has 1 rings (SSSR count). The summed E-state index contributed by atoms with van der Waals surface area (Å²) in [6, 6.07) is 5.20. The number of hydrogen-bond donors (Lipinski definition) is 2. The Hall–Kier alpha value is -1.47. The Morgan fingerprint density at radius 1 is 1.65 bits per heavy atom. The van der Waals surface area contributed by atoms with Crippen molar-refractivity contribution in [3.63, 3.8) is 0 Å². The molecule has 0 saturated heterocycles. The van der Waals surface area contributed by atoms with Gasteiger partial charge in [0.05, 0.1) is 10.0 Å². The summed E-state index contributed by atoms with van der Waals surface area (Å²) in [6.45, 7) is 1.98. The van der Waals surface area contributed by atoms with E-state index < -0.39 is 0 Å². The van der Waals surface area contributed by atoms with Crippen LogP contribution >= 0.6 is 15.9 Å². The van der Waals surface area contributed by atoms with Gasteiger partial charge in [-0.2, -0.15) is 0 Å². The van der Waals surface area contributed by atoms with Gasteiger partial charge in [0.25, 0.3) is 5.91 Å². The summed E-state index contributed by atoms with van der Waals surface area (Å²) in [7, 11) is 0. The standard InChI is InChI=1S/C13H15BrN2O/c1-3-6-9(4-2)16-13(17)10-7-5-8-11(15)12(10)14/h1,5,7-9H,4,6,15H2,2H3,(H,16,17). The highest BCUT2D eigenvalue weighted by Crippen LogP contribution is 2.23. The molecule has 1 unspecified atom stereocenters. The number of hydrogen-bond acceptors (Lipinski definition) is 2. The predicted molar refractivity (Wildman–Crippen MR) is 73.5 cm³/mol. The van der Waals surface area contributed by atoms with E-state index in [1.807, 2.05) is 6.92 Å². The SMILES string of the molecule is C#CCC(CC)NC(=O)c1cccc(N)c1Br. The van der Waals surface area contributed by atoms with Crippen LogP contribution in [-0.2, 0) is 0 Å². The molecular formula is C13H15BrN2O. The number of terminal acetylenes is 1. The zero-order valence-electron chi connectivity index (χ0n) is 9.66. The van der Waals surface area contributed by atoms with Crippen LogP contribution in [0.3, 0.4) is 0 Å². The Kier molecular flexibility index (Phi) is 5.05. The van der Waals surface area contributed by atoms with Crippen LogP contribution in [0.15, 0.2) is 22.7 Å². The summed E-state index contributed by atoms with van der Waals surface area (Å²) in [6.07, 6.45) is 6.57. The smallest absolute Gasteiger partial charge is 0.252 e. The molecule has 0 fully saturated rings. The maximum Gasteiger partial charge on any atom is 0.252 e. The van der Waals surface area contributed by atoms with Crippen molar-refractivity contribution >= 4 is 27.5 Å². The molecule has 0 bridgehead atoms. The van der Waals surface area contributed by atoms with Gasteiger partial charge in [-0.05, 0) is 34.5 Å². The molecule has 0 heterocycles. The Bertz CT molecular complexity index is 451. The number of carbonyl (C=O) groups is 1. The molecule has 17 heavy (non-hydrogen) atoms. The van der Waals surface area contributed by atoms with Crippen molar-refractivity contribution in [1.29, 1.82) is 0 Å². The summed E-state index contributed by atoms with van der Waals surface area (Å²) in [5, 5.41) is 2.88. The molecule has 1 aromatic rings. The number of carbonyl (C=O) groups excluding carboxylic acids is 1. The van der Waals surface area contributed by atoms with Gasteiger partial charge < -0.3 is 11.1 Å². The second kappa shape index (κ2) is 6.31. The van der Waals surface area contributed by atoms with Gasteiger partial charge in [0.1, 0.15) is 0 Å². The van der Waals surface area contributed by atoms with Gasteiger partial charge >= 0.3 is 0 Å². The fraction of sp³-hybridized carbons (Fsp3) is 0.308. The van der Waals surface area contributed by atoms with E-state index in [1.54, 1.807) is 18.2 Å². The van der Waals surface area contributed by atoms with Crippen LogP contribution in [0, 0.1) is 12.3 Å². The highest BCUT2D eigenvalue weighted by Gasteiger charge is 2.14. The highest BCUT2D eigenvalue weighted by atomic mass is 79.9. The van der Waals surface area contributed by atoms with Crippen LogP contribution in [0.4, 0.5) is 5.69 Å². The third-order valence-electron chi connectivity index (χ3n) is 2.47. The number of nitrogen functional groups attached to an aromatic ring is 1. The zero-order chi connectivity index (χ0) is 12.8. The van der Waals surface area contributed by atoms with E-state index in [0.717, 1.165) is 6.42 Å². The fourth-order valence-electron chi connectivity index (χ4n) is 1.43. The topological polar surface area (TPSA) is 55.1 Å². The second-order valence-corrected chi connectivity index (χ2v) is 4.49. The van der Waals surface area contributed by atoms with Gasteiger partial charge in [0.15, 0.2) is 0 Å². The molecule has 0 spiro atoms. The number of anilines is 1. The first-order valence-electron chi connectivity index (χ1n) is 5.38. The normalized spacial score (nSPS) is 11.6. The molecular weight excluding hydrogens is 280 g/mol. The molecule has 0 aliphatic rings. The molecule has 0 aromatic heterocycles. The van der Waals surface area contributed by atoms with Crippen molar-refractivity contribution in [1.82, 2.24) is 5.32 Å². The molecule has 1 aromatic carbocycles. The monoisotopic (exact) mass is 294 g/mol. The lowest BCUT2D eigenvalue weighted by molar-refractivity contribution is 0.0936. The van der Waals surface area contributed by atoms with Crippen LogP contribution in [0.5, 0.6) is 0 Å². The van der Waals surface area contributed by atoms with E-state index >= 15 is 0 Å². The summed E-state index contributed by atoms with van der Waals surface area (Å²) in [5.41, 5.74) is 6.79. The first-order chi connectivity index (χ1) is 8.10. The first-order valence-corrected chi connectivity index (χ1v) is 6.17. The van der Waals surface area contributed by atoms with Crippen LogP contribution in [-0.4, -0.2) is 11.9 Å². The van der Waals surface area contributed by atoms with E-state index in [2.05, 4.69) is 27.2 Å². The second-order valence-electron chi connectivity index (χ2n) is 3.70. The third-order valence-corrected chi connectivity index (χ3v) is 3.35. The van der Waals surface area contributed by atoms with E-state index in [-0.39, 0.29) is 11.9 Å². The van der Waals surface area contributed by atoms with Gasteiger partial charge in [0, 0.05) is 18.2 Å². The lowest BCUT2D eigenvalue weighted by Crippen LogP contribution is -2.34. The van der Waals surface area contributed by atoms with Gasteiger partial charge in [-0.3, -0.25) is 4.79 Å². The Morgan fingerprint density at radius 3 is 2.94 bits per heavy atom. The maximum atomic E-state index is 12.0. The van der Waals surface area contributed by atoms with Gasteiger partial charge in [-0.15, -0.1) is 12.3 Å². The average molecular weight is 295 g/mol. The number of amides is 1. The molecule has 0 aliphatic heterocycles. The maximum absolute atomic E-state index is 12.0. The molecule has 1 atom stereocenters. The van der Waals surface area contributed by atoms with Crippen molar-refractivity contribution in [2.75, 3.05) is 5.73 Å². The summed E-state index contributed by atoms with van der Waals surface area (Å²) >= 11 is 3.31. The van der Waals surface area contributed by atoms with Gasteiger partial charge in [-0.1, -0.05) is 13.0 Å². The van der Waals surface area contributed by atoms with Crippen molar-refractivity contribution in [3.05, 3.63) is 28.2 Å². The summed E-state index contributed by atoms with van der Waals surface area (Å²) in [5.74, 6) is 2.39. The highest BCUT2D eigenvalue weighted by molar-refractivity contribution is 9.10. The molecule has 1 amide bonds. The molecule has 90 valence electrons. The van der Waals surface area contributed by atoms with Crippen LogP contribution < -0.4 is 11.1 Å². The van der Waals surface area contributed by atoms with Crippen molar-refractivity contribution in [3.8, 4) is 12.3 Å². The molecule has 3 N–H and O–H groups in total. The zero-order valence-corrected chi connectivity index (χ0v) is 11.3. The number of rotatable bonds is 4. The average Bonchev–Trinajstić information content (AvgIpc) is 2.31. The molecule has 4 heteroatoms. The molecule has 3 nitrogen and oxygen atoms in total. The minimum Gasteiger partial charge on any atom is -0.398 e. The largest absolute Gasteiger partial charge is 0.398 e. The van der Waals surface area contributed by atoms with E-state index in [0.29, 0.717) is 22.1 Å². The number of nitrogens with two attached hydrogens (primary N) is 1.